The molecule has 1 aromatic carbocycles. The number of aliphatic carboxylic acids is 1. The lowest BCUT2D eigenvalue weighted by atomic mass is 10.0. The van der Waals surface area contributed by atoms with Gasteiger partial charge in [-0.15, -0.1) is 0 Å². The van der Waals surface area contributed by atoms with Gasteiger partial charge in [-0.1, -0.05) is 30.3 Å². The Hall–Kier alpha value is -2.08. The number of urea groups is 1. The maximum Gasteiger partial charge on any atom is 0.317 e. The number of carbonyl (C=O) groups excluding carboxylic acids is 1. The van der Waals surface area contributed by atoms with Crippen molar-refractivity contribution in [3.63, 3.8) is 0 Å². The molecule has 3 N–H and O–H groups in total. The summed E-state index contributed by atoms with van der Waals surface area (Å²) in [6.45, 7) is 0.0548. The summed E-state index contributed by atoms with van der Waals surface area (Å²) in [7, 11) is 1.54. The molecule has 6 heteroatoms. The monoisotopic (exact) mass is 266 g/mol. The van der Waals surface area contributed by atoms with Crippen LogP contribution in [0.1, 0.15) is 18.0 Å². The van der Waals surface area contributed by atoms with Crippen molar-refractivity contribution >= 4 is 12.0 Å². The molecule has 0 saturated carbocycles. The van der Waals surface area contributed by atoms with Gasteiger partial charge >= 0.3 is 12.0 Å². The van der Waals surface area contributed by atoms with Gasteiger partial charge in [-0.2, -0.15) is 0 Å². The molecule has 1 atom stereocenters. The Morgan fingerprint density at radius 3 is 2.47 bits per heavy atom. The molecule has 6 nitrogen and oxygen atoms in total. The largest absolute Gasteiger partial charge is 0.481 e. The number of carboxylic acid groups (broad SMARTS) is 1. The van der Waals surface area contributed by atoms with Gasteiger partial charge in [-0.25, -0.2) is 4.79 Å². The SMILES string of the molecule is CN(CCO)C(=O)NC(CC(=O)O)c1ccccc1. The molecule has 0 radical (unpaired) electrons. The van der Waals surface area contributed by atoms with Crippen molar-refractivity contribution in [1.29, 1.82) is 0 Å². The summed E-state index contributed by atoms with van der Waals surface area (Å²) in [6, 6.07) is 7.92. The first kappa shape index (κ1) is 15.0. The van der Waals surface area contributed by atoms with Crippen molar-refractivity contribution in [1.82, 2.24) is 10.2 Å². The first-order valence-corrected chi connectivity index (χ1v) is 5.93. The zero-order valence-electron chi connectivity index (χ0n) is 10.7. The molecule has 1 unspecified atom stereocenters. The van der Waals surface area contributed by atoms with Crippen LogP contribution in [-0.4, -0.2) is 47.3 Å². The topological polar surface area (TPSA) is 89.9 Å². The second-order valence-electron chi connectivity index (χ2n) is 4.16. The quantitative estimate of drug-likeness (QED) is 0.711. The maximum atomic E-state index is 11.8. The summed E-state index contributed by atoms with van der Waals surface area (Å²) in [6.07, 6.45) is -0.192. The standard InChI is InChI=1S/C13H18N2O4/c1-15(7-8-16)13(19)14-11(9-12(17)18)10-5-3-2-4-6-10/h2-6,11,16H,7-9H2,1H3,(H,14,19)(H,17,18). The molecule has 0 bridgehead atoms. The third-order valence-corrected chi connectivity index (χ3v) is 2.66. The van der Waals surface area contributed by atoms with E-state index in [-0.39, 0.29) is 19.6 Å². The molecule has 1 rings (SSSR count). The molecule has 19 heavy (non-hydrogen) atoms. The van der Waals surface area contributed by atoms with Crippen molar-refractivity contribution in [2.75, 3.05) is 20.2 Å². The van der Waals surface area contributed by atoms with Crippen molar-refractivity contribution in [3.05, 3.63) is 35.9 Å². The number of carboxylic acids is 1. The number of rotatable bonds is 6. The number of aliphatic hydroxyl groups excluding tert-OH is 1. The van der Waals surface area contributed by atoms with Gasteiger partial charge in [0.2, 0.25) is 0 Å². The smallest absolute Gasteiger partial charge is 0.317 e. The number of hydrogen-bond donors (Lipinski definition) is 3. The van der Waals surface area contributed by atoms with Crippen LogP contribution < -0.4 is 5.32 Å². The second-order valence-corrected chi connectivity index (χ2v) is 4.16. The van der Waals surface area contributed by atoms with Gasteiger partial charge in [0, 0.05) is 13.6 Å². The molecule has 1 aromatic rings. The summed E-state index contributed by atoms with van der Waals surface area (Å²) in [5, 5.41) is 20.3. The van der Waals surface area contributed by atoms with Crippen LogP contribution in [0, 0.1) is 0 Å². The van der Waals surface area contributed by atoms with Crippen molar-refractivity contribution in [2.45, 2.75) is 12.5 Å². The molecule has 0 aliphatic carbocycles. The van der Waals surface area contributed by atoms with Gasteiger partial charge < -0.3 is 20.4 Å². The summed E-state index contributed by atoms with van der Waals surface area (Å²) < 4.78 is 0. The van der Waals surface area contributed by atoms with E-state index in [1.807, 2.05) is 6.07 Å². The number of benzene rings is 1. The van der Waals surface area contributed by atoms with Crippen molar-refractivity contribution < 1.29 is 19.8 Å². The minimum atomic E-state index is -0.987. The Morgan fingerprint density at radius 1 is 1.32 bits per heavy atom. The molecule has 0 aromatic heterocycles. The van der Waals surface area contributed by atoms with E-state index < -0.39 is 18.0 Å². The molecule has 104 valence electrons. The molecule has 0 saturated heterocycles. The molecule has 0 fully saturated rings. The van der Waals surface area contributed by atoms with Gasteiger partial charge in [0.15, 0.2) is 0 Å². The molecule has 0 spiro atoms. The molecular formula is C13H18N2O4. The average molecular weight is 266 g/mol. The number of amides is 2. The predicted octanol–water partition coefficient (Wildman–Crippen LogP) is 0.836. The first-order valence-electron chi connectivity index (χ1n) is 5.93. The Balaban J connectivity index is 2.76. The van der Waals surface area contributed by atoms with Gasteiger partial charge in [-0.3, -0.25) is 4.79 Å². The second kappa shape index (κ2) is 7.38. The summed E-state index contributed by atoms with van der Waals surface area (Å²) in [5.74, 6) is -0.987. The van der Waals surface area contributed by atoms with Crippen LogP contribution in [0.4, 0.5) is 4.79 Å². The van der Waals surface area contributed by atoms with E-state index in [4.69, 9.17) is 10.2 Å². The maximum absolute atomic E-state index is 11.8. The predicted molar refractivity (Wildman–Crippen MR) is 69.7 cm³/mol. The Labute approximate surface area is 111 Å². The lowest BCUT2D eigenvalue weighted by Crippen LogP contribution is -2.41. The lowest BCUT2D eigenvalue weighted by Gasteiger charge is -2.22. The number of hydrogen-bond acceptors (Lipinski definition) is 3. The van der Waals surface area contributed by atoms with E-state index in [2.05, 4.69) is 5.32 Å². The number of aliphatic hydroxyl groups is 1. The Morgan fingerprint density at radius 2 is 1.95 bits per heavy atom. The first-order chi connectivity index (χ1) is 9.04. The van der Waals surface area contributed by atoms with E-state index in [0.717, 1.165) is 5.56 Å². The molecule has 0 heterocycles. The van der Waals surface area contributed by atoms with Crippen LogP contribution in [0.15, 0.2) is 30.3 Å². The van der Waals surface area contributed by atoms with E-state index in [9.17, 15) is 9.59 Å². The average Bonchev–Trinajstić information content (AvgIpc) is 2.38. The summed E-state index contributed by atoms with van der Waals surface area (Å²) >= 11 is 0. The highest BCUT2D eigenvalue weighted by molar-refractivity contribution is 5.76. The summed E-state index contributed by atoms with van der Waals surface area (Å²) in [5.41, 5.74) is 0.732. The van der Waals surface area contributed by atoms with Crippen molar-refractivity contribution in [3.8, 4) is 0 Å². The third kappa shape index (κ3) is 4.97. The highest BCUT2D eigenvalue weighted by Crippen LogP contribution is 2.16. The van der Waals surface area contributed by atoms with Crippen LogP contribution in [0.25, 0.3) is 0 Å². The van der Waals surface area contributed by atoms with Crippen LogP contribution in [0.3, 0.4) is 0 Å². The van der Waals surface area contributed by atoms with Gasteiger partial charge in [0.25, 0.3) is 0 Å². The molecular weight excluding hydrogens is 248 g/mol. The van der Waals surface area contributed by atoms with Crippen molar-refractivity contribution in [2.24, 2.45) is 0 Å². The van der Waals surface area contributed by atoms with Gasteiger partial charge in [0.05, 0.1) is 19.1 Å². The van der Waals surface area contributed by atoms with Gasteiger partial charge in [-0.05, 0) is 5.56 Å². The number of nitrogens with one attached hydrogen (secondary N) is 1. The van der Waals surface area contributed by atoms with Crippen LogP contribution in [0.5, 0.6) is 0 Å². The number of carbonyl (C=O) groups is 2. The highest BCUT2D eigenvalue weighted by Gasteiger charge is 2.19. The molecule has 0 aliphatic heterocycles. The normalized spacial score (nSPS) is 11.7. The minimum Gasteiger partial charge on any atom is -0.481 e. The van der Waals surface area contributed by atoms with Crippen LogP contribution >= 0.6 is 0 Å². The lowest BCUT2D eigenvalue weighted by molar-refractivity contribution is -0.137. The van der Waals surface area contributed by atoms with E-state index in [1.165, 1.54) is 11.9 Å². The Kier molecular flexibility index (Phi) is 5.81. The third-order valence-electron chi connectivity index (χ3n) is 2.66. The highest BCUT2D eigenvalue weighted by atomic mass is 16.4. The zero-order chi connectivity index (χ0) is 14.3. The van der Waals surface area contributed by atoms with Gasteiger partial charge in [0.1, 0.15) is 0 Å². The van der Waals surface area contributed by atoms with E-state index >= 15 is 0 Å². The fourth-order valence-corrected chi connectivity index (χ4v) is 1.62. The fourth-order valence-electron chi connectivity index (χ4n) is 1.62. The number of nitrogens with zero attached hydrogens (tertiary/aromatic N) is 1. The Bertz CT molecular complexity index is 422. The van der Waals surface area contributed by atoms with Crippen LogP contribution in [-0.2, 0) is 4.79 Å². The number of likely N-dealkylation sites (N-methyl/N-ethyl adjacent to an activating group) is 1. The van der Waals surface area contributed by atoms with E-state index in [1.54, 1.807) is 24.3 Å². The van der Waals surface area contributed by atoms with Crippen LogP contribution in [0.2, 0.25) is 0 Å². The molecule has 0 aliphatic rings. The molecule has 2 amide bonds. The minimum absolute atomic E-state index is 0.140. The summed E-state index contributed by atoms with van der Waals surface area (Å²) in [4.78, 5) is 24.0. The zero-order valence-corrected chi connectivity index (χ0v) is 10.7. The fraction of sp³-hybridized carbons (Fsp3) is 0.385. The van der Waals surface area contributed by atoms with E-state index in [0.29, 0.717) is 0 Å².